The van der Waals surface area contributed by atoms with Crippen molar-refractivity contribution in [1.82, 2.24) is 9.97 Å². The van der Waals surface area contributed by atoms with Crippen molar-refractivity contribution in [3.63, 3.8) is 0 Å². The van der Waals surface area contributed by atoms with Gasteiger partial charge < -0.3 is 4.98 Å². The summed E-state index contributed by atoms with van der Waals surface area (Å²) in [6.45, 7) is 7.10. The van der Waals surface area contributed by atoms with Crippen molar-refractivity contribution in [2.45, 2.75) is 4.21 Å². The quantitative estimate of drug-likeness (QED) is 0.468. The van der Waals surface area contributed by atoms with Gasteiger partial charge in [-0.15, -0.1) is 23.1 Å². The zero-order valence-electron chi connectivity index (χ0n) is 7.20. The average molecular weight is 239 g/mol. The van der Waals surface area contributed by atoms with E-state index in [0.29, 0.717) is 10.3 Å². The number of nitrogens with one attached hydrogen (secondary N) is 1. The molecule has 0 fully saturated rings. The van der Waals surface area contributed by atoms with Crippen LogP contribution in [0.3, 0.4) is 0 Å². The highest BCUT2D eigenvalue weighted by Crippen LogP contribution is 2.41. The van der Waals surface area contributed by atoms with Gasteiger partial charge in [0.15, 0.2) is 0 Å². The van der Waals surface area contributed by atoms with Crippen molar-refractivity contribution in [1.29, 1.82) is 0 Å². The van der Waals surface area contributed by atoms with Crippen molar-refractivity contribution < 1.29 is 0 Å². The van der Waals surface area contributed by atoms with E-state index < -0.39 is 0 Å². The van der Waals surface area contributed by atoms with E-state index in [-0.39, 0.29) is 0 Å². The van der Waals surface area contributed by atoms with Crippen LogP contribution in [0.25, 0.3) is 15.1 Å². The monoisotopic (exact) mass is 239 g/mol. The van der Waals surface area contributed by atoms with Gasteiger partial charge in [0, 0.05) is 0 Å². The Morgan fingerprint density at radius 3 is 3.14 bits per heavy atom. The summed E-state index contributed by atoms with van der Waals surface area (Å²) in [5, 5.41) is 0. The SMILES string of the molecule is [C-]#[N+]c1c(SC)sc2c(=S)nc[nH]c12. The first-order valence-corrected chi connectivity index (χ1v) is 6.14. The third kappa shape index (κ3) is 1.34. The molecule has 0 aromatic carbocycles. The molecule has 14 heavy (non-hydrogen) atoms. The molecule has 0 radical (unpaired) electrons. The number of aromatic amines is 1. The molecule has 0 spiro atoms. The van der Waals surface area contributed by atoms with Gasteiger partial charge in [-0.25, -0.2) is 9.83 Å². The van der Waals surface area contributed by atoms with Gasteiger partial charge in [0.05, 0.1) is 27.3 Å². The van der Waals surface area contributed by atoms with Crippen molar-refractivity contribution in [3.8, 4) is 0 Å². The minimum atomic E-state index is 0.564. The maximum Gasteiger partial charge on any atom is 0.234 e. The number of nitrogens with zero attached hydrogens (tertiary/aromatic N) is 2. The molecule has 2 aromatic rings. The smallest absolute Gasteiger partial charge is 0.234 e. The molecular weight excluding hydrogens is 234 g/mol. The Morgan fingerprint density at radius 1 is 1.71 bits per heavy atom. The summed E-state index contributed by atoms with van der Waals surface area (Å²) >= 11 is 8.18. The Morgan fingerprint density at radius 2 is 2.50 bits per heavy atom. The molecule has 0 bridgehead atoms. The average Bonchev–Trinajstić information content (AvgIpc) is 2.57. The van der Waals surface area contributed by atoms with Crippen LogP contribution in [0.2, 0.25) is 0 Å². The van der Waals surface area contributed by atoms with Crippen LogP contribution in [0.5, 0.6) is 0 Å². The van der Waals surface area contributed by atoms with E-state index in [1.807, 2.05) is 6.26 Å². The van der Waals surface area contributed by atoms with E-state index in [1.54, 1.807) is 11.8 Å². The number of thiophene rings is 1. The zero-order chi connectivity index (χ0) is 10.1. The molecule has 2 aromatic heterocycles. The van der Waals surface area contributed by atoms with Crippen LogP contribution in [0.1, 0.15) is 0 Å². The van der Waals surface area contributed by atoms with Crippen LogP contribution in [-0.2, 0) is 0 Å². The summed E-state index contributed by atoms with van der Waals surface area (Å²) in [6.07, 6.45) is 3.49. The third-order valence-electron chi connectivity index (χ3n) is 1.73. The predicted molar refractivity (Wildman–Crippen MR) is 62.8 cm³/mol. The van der Waals surface area contributed by atoms with Gasteiger partial charge in [0.25, 0.3) is 0 Å². The third-order valence-corrected chi connectivity index (χ3v) is 4.47. The maximum absolute atomic E-state index is 7.10. The number of rotatable bonds is 1. The molecule has 0 amide bonds. The van der Waals surface area contributed by atoms with Crippen molar-refractivity contribution in [3.05, 3.63) is 22.4 Å². The van der Waals surface area contributed by atoms with Gasteiger partial charge in [-0.05, 0) is 6.26 Å². The lowest BCUT2D eigenvalue weighted by Gasteiger charge is -1.89. The Balaban J connectivity index is 2.95. The molecule has 0 aliphatic heterocycles. The summed E-state index contributed by atoms with van der Waals surface area (Å²) in [5.41, 5.74) is 1.47. The summed E-state index contributed by atoms with van der Waals surface area (Å²) in [4.78, 5) is 10.5. The van der Waals surface area contributed by atoms with Crippen LogP contribution in [0, 0.1) is 11.2 Å². The highest BCUT2D eigenvalue weighted by Gasteiger charge is 2.12. The Labute approximate surface area is 94.0 Å². The van der Waals surface area contributed by atoms with E-state index in [1.165, 1.54) is 17.7 Å². The summed E-state index contributed by atoms with van der Waals surface area (Å²) in [6, 6.07) is 0. The fourth-order valence-electron chi connectivity index (χ4n) is 1.14. The number of fused-ring (bicyclic) bond motifs is 1. The number of hydrogen-bond donors (Lipinski definition) is 1. The number of thioether (sulfide) groups is 1. The predicted octanol–water partition coefficient (Wildman–Crippen LogP) is 3.63. The summed E-state index contributed by atoms with van der Waals surface area (Å²) in [7, 11) is 0. The largest absolute Gasteiger partial charge is 0.354 e. The molecule has 0 aliphatic carbocycles. The normalized spacial score (nSPS) is 10.3. The van der Waals surface area contributed by atoms with Crippen LogP contribution in [-0.4, -0.2) is 16.2 Å². The van der Waals surface area contributed by atoms with Crippen LogP contribution in [0.15, 0.2) is 10.5 Å². The van der Waals surface area contributed by atoms with Gasteiger partial charge in [0.1, 0.15) is 4.64 Å². The van der Waals surface area contributed by atoms with Crippen molar-refractivity contribution in [2.24, 2.45) is 0 Å². The van der Waals surface area contributed by atoms with Gasteiger partial charge in [0.2, 0.25) is 5.69 Å². The Kier molecular flexibility index (Phi) is 2.54. The number of aromatic nitrogens is 2. The van der Waals surface area contributed by atoms with Gasteiger partial charge in [-0.2, -0.15) is 0 Å². The lowest BCUT2D eigenvalue weighted by molar-refractivity contribution is 1.21. The Bertz CT molecular complexity index is 576. The van der Waals surface area contributed by atoms with Crippen LogP contribution >= 0.6 is 35.3 Å². The number of H-pyrrole nitrogens is 1. The van der Waals surface area contributed by atoms with Crippen LogP contribution < -0.4 is 0 Å². The molecule has 0 atom stereocenters. The molecule has 0 saturated heterocycles. The first-order chi connectivity index (χ1) is 6.77. The molecular formula is C8H5N3S3. The zero-order valence-corrected chi connectivity index (χ0v) is 9.65. The maximum atomic E-state index is 7.10. The molecule has 70 valence electrons. The first-order valence-electron chi connectivity index (χ1n) is 3.69. The minimum absolute atomic E-state index is 0.564. The molecule has 0 aliphatic rings. The van der Waals surface area contributed by atoms with E-state index in [4.69, 9.17) is 18.8 Å². The van der Waals surface area contributed by atoms with Crippen molar-refractivity contribution in [2.75, 3.05) is 6.26 Å². The highest BCUT2D eigenvalue weighted by molar-refractivity contribution is 8.00. The summed E-state index contributed by atoms with van der Waals surface area (Å²) < 4.78 is 2.46. The lowest BCUT2D eigenvalue weighted by Crippen LogP contribution is -1.76. The standard InChI is InChI=1S/C8H5N3S3/c1-9-5-4-6(14-8(5)13-2)7(12)11-3-10-4/h3H,2H3,(H,10,11,12). The highest BCUT2D eigenvalue weighted by atomic mass is 32.2. The Hall–Kier alpha value is -0.900. The van der Waals surface area contributed by atoms with E-state index >= 15 is 0 Å². The van der Waals surface area contributed by atoms with Crippen LogP contribution in [0.4, 0.5) is 5.69 Å². The van der Waals surface area contributed by atoms with E-state index in [2.05, 4.69) is 14.8 Å². The topological polar surface area (TPSA) is 33.0 Å². The first kappa shape index (κ1) is 9.65. The van der Waals surface area contributed by atoms with Gasteiger partial charge >= 0.3 is 0 Å². The molecule has 3 nitrogen and oxygen atoms in total. The number of hydrogen-bond acceptors (Lipinski definition) is 4. The van der Waals surface area contributed by atoms with Gasteiger partial charge in [-0.1, -0.05) is 12.2 Å². The molecule has 0 unspecified atom stereocenters. The van der Waals surface area contributed by atoms with Crippen molar-refractivity contribution >= 4 is 51.2 Å². The molecule has 0 saturated carbocycles. The van der Waals surface area contributed by atoms with E-state index in [0.717, 1.165) is 14.4 Å². The second kappa shape index (κ2) is 3.69. The lowest BCUT2D eigenvalue weighted by atomic mass is 10.4. The fourth-order valence-corrected chi connectivity index (χ4v) is 3.17. The van der Waals surface area contributed by atoms with Gasteiger partial charge in [-0.3, -0.25) is 0 Å². The molecule has 6 heteroatoms. The van der Waals surface area contributed by atoms with E-state index in [9.17, 15) is 0 Å². The molecule has 2 rings (SSSR count). The summed E-state index contributed by atoms with van der Waals surface area (Å²) in [5.74, 6) is 0. The molecule has 1 N–H and O–H groups in total. The molecule has 2 heterocycles. The second-order valence-electron chi connectivity index (χ2n) is 2.47. The second-order valence-corrected chi connectivity index (χ2v) is 4.95. The minimum Gasteiger partial charge on any atom is -0.354 e. The fraction of sp³-hybridized carbons (Fsp3) is 0.125.